The summed E-state index contributed by atoms with van der Waals surface area (Å²) < 4.78 is 10.8. The Bertz CT molecular complexity index is 889. The smallest absolute Gasteiger partial charge is 0.273 e. The first-order valence-corrected chi connectivity index (χ1v) is 9.05. The van der Waals surface area contributed by atoms with Crippen LogP contribution in [0.3, 0.4) is 0 Å². The van der Waals surface area contributed by atoms with E-state index in [1.807, 2.05) is 25.1 Å². The van der Waals surface area contributed by atoms with Crippen molar-refractivity contribution in [2.75, 3.05) is 13.7 Å². The molecular formula is C21H20ClNO4. The van der Waals surface area contributed by atoms with Crippen molar-refractivity contribution in [2.45, 2.75) is 19.9 Å². The number of halogens is 1. The van der Waals surface area contributed by atoms with Gasteiger partial charge in [-0.15, -0.1) is 0 Å². The Morgan fingerprint density at radius 1 is 1.00 bits per heavy atom. The summed E-state index contributed by atoms with van der Waals surface area (Å²) in [6.07, 6.45) is 0.906. The van der Waals surface area contributed by atoms with Crippen LogP contribution in [0.4, 0.5) is 0 Å². The average molecular weight is 386 g/mol. The van der Waals surface area contributed by atoms with Gasteiger partial charge < -0.3 is 9.47 Å². The number of carbonyl (C=O) groups excluding carboxylic acids is 2. The predicted octanol–water partition coefficient (Wildman–Crippen LogP) is 4.00. The maximum Gasteiger partial charge on any atom is 0.273 e. The fraction of sp³-hybridized carbons (Fsp3) is 0.238. The lowest BCUT2D eigenvalue weighted by Crippen LogP contribution is -2.30. The van der Waals surface area contributed by atoms with E-state index in [0.717, 1.165) is 16.9 Å². The maximum absolute atomic E-state index is 12.9. The summed E-state index contributed by atoms with van der Waals surface area (Å²) in [6, 6.07) is 14.3. The van der Waals surface area contributed by atoms with Crippen LogP contribution in [0.15, 0.2) is 53.6 Å². The first-order valence-electron chi connectivity index (χ1n) is 8.68. The van der Waals surface area contributed by atoms with Crippen LogP contribution in [0, 0.1) is 0 Å². The van der Waals surface area contributed by atoms with Gasteiger partial charge in [0.25, 0.3) is 11.8 Å². The summed E-state index contributed by atoms with van der Waals surface area (Å²) in [6.45, 7) is 2.74. The Labute approximate surface area is 163 Å². The van der Waals surface area contributed by atoms with Gasteiger partial charge in [0.05, 0.1) is 25.8 Å². The van der Waals surface area contributed by atoms with Crippen molar-refractivity contribution < 1.29 is 19.1 Å². The van der Waals surface area contributed by atoms with Crippen molar-refractivity contribution in [3.05, 3.63) is 64.7 Å². The molecular weight excluding hydrogens is 366 g/mol. The SMILES string of the molecule is CCCOc1ccc(C2=C(Cl)C(=O)N(Cc3ccccc3OC)C2=O)cc1. The monoisotopic (exact) mass is 385 g/mol. The van der Waals surface area contributed by atoms with Crippen LogP contribution in [-0.2, 0) is 16.1 Å². The first kappa shape index (κ1) is 19.0. The number of amides is 2. The molecule has 0 bridgehead atoms. The maximum atomic E-state index is 12.9. The molecule has 2 aromatic rings. The molecule has 5 nitrogen and oxygen atoms in total. The summed E-state index contributed by atoms with van der Waals surface area (Å²) in [5.74, 6) is 0.395. The van der Waals surface area contributed by atoms with Gasteiger partial charge in [0.15, 0.2) is 0 Å². The molecule has 1 aliphatic heterocycles. The van der Waals surface area contributed by atoms with Crippen molar-refractivity contribution >= 4 is 29.0 Å². The van der Waals surface area contributed by atoms with E-state index in [0.29, 0.717) is 23.7 Å². The van der Waals surface area contributed by atoms with E-state index >= 15 is 0 Å². The number of para-hydroxylation sites is 1. The van der Waals surface area contributed by atoms with Crippen LogP contribution in [0.5, 0.6) is 11.5 Å². The highest BCUT2D eigenvalue weighted by atomic mass is 35.5. The summed E-state index contributed by atoms with van der Waals surface area (Å²) in [5.41, 5.74) is 1.53. The van der Waals surface area contributed by atoms with E-state index in [1.54, 1.807) is 37.4 Å². The number of benzene rings is 2. The van der Waals surface area contributed by atoms with Crippen molar-refractivity contribution in [3.63, 3.8) is 0 Å². The number of hydrogen-bond donors (Lipinski definition) is 0. The Morgan fingerprint density at radius 3 is 2.37 bits per heavy atom. The van der Waals surface area contributed by atoms with E-state index in [2.05, 4.69) is 0 Å². The summed E-state index contributed by atoms with van der Waals surface area (Å²) in [4.78, 5) is 26.6. The van der Waals surface area contributed by atoms with Gasteiger partial charge in [0, 0.05) is 5.56 Å². The standard InChI is InChI=1S/C21H20ClNO4/c1-3-12-27-16-10-8-14(9-11-16)18-19(22)21(25)23(20(18)24)13-15-6-4-5-7-17(15)26-2/h4-11H,3,12-13H2,1-2H3. The molecule has 1 aliphatic rings. The highest BCUT2D eigenvalue weighted by Crippen LogP contribution is 2.34. The van der Waals surface area contributed by atoms with Crippen LogP contribution in [0.25, 0.3) is 5.57 Å². The van der Waals surface area contributed by atoms with Crippen LogP contribution in [0.1, 0.15) is 24.5 Å². The molecule has 140 valence electrons. The third-order valence-electron chi connectivity index (χ3n) is 4.25. The molecule has 0 aliphatic carbocycles. The van der Waals surface area contributed by atoms with Crippen molar-refractivity contribution in [3.8, 4) is 11.5 Å². The van der Waals surface area contributed by atoms with Gasteiger partial charge >= 0.3 is 0 Å². The molecule has 0 atom stereocenters. The number of rotatable bonds is 7. The second-order valence-corrected chi connectivity index (χ2v) is 6.45. The molecule has 3 rings (SSSR count). The van der Waals surface area contributed by atoms with Crippen LogP contribution in [0.2, 0.25) is 0 Å². The van der Waals surface area contributed by atoms with Crippen LogP contribution < -0.4 is 9.47 Å². The summed E-state index contributed by atoms with van der Waals surface area (Å²) in [5, 5.41) is -0.0721. The molecule has 0 spiro atoms. The van der Waals surface area contributed by atoms with Gasteiger partial charge in [-0.3, -0.25) is 14.5 Å². The van der Waals surface area contributed by atoms with Crippen molar-refractivity contribution in [1.82, 2.24) is 4.90 Å². The fourth-order valence-electron chi connectivity index (χ4n) is 2.88. The molecule has 2 amide bonds. The normalized spacial score (nSPS) is 14.1. The number of ether oxygens (including phenoxy) is 2. The van der Waals surface area contributed by atoms with Crippen LogP contribution in [-0.4, -0.2) is 30.4 Å². The zero-order chi connectivity index (χ0) is 19.4. The molecule has 2 aromatic carbocycles. The van der Waals surface area contributed by atoms with E-state index < -0.39 is 11.8 Å². The largest absolute Gasteiger partial charge is 0.496 e. The third-order valence-corrected chi connectivity index (χ3v) is 4.60. The molecule has 0 unspecified atom stereocenters. The Balaban J connectivity index is 1.83. The summed E-state index contributed by atoms with van der Waals surface area (Å²) >= 11 is 6.22. The number of hydrogen-bond acceptors (Lipinski definition) is 4. The first-order chi connectivity index (χ1) is 13.1. The lowest BCUT2D eigenvalue weighted by Gasteiger charge is -2.17. The number of imide groups is 1. The molecule has 0 radical (unpaired) electrons. The number of methoxy groups -OCH3 is 1. The molecule has 0 saturated carbocycles. The number of nitrogens with zero attached hydrogens (tertiary/aromatic N) is 1. The average Bonchev–Trinajstić information content (AvgIpc) is 2.90. The Morgan fingerprint density at radius 2 is 1.70 bits per heavy atom. The van der Waals surface area contributed by atoms with E-state index in [9.17, 15) is 9.59 Å². The lowest BCUT2D eigenvalue weighted by molar-refractivity contribution is -0.137. The minimum atomic E-state index is -0.506. The Hall–Kier alpha value is -2.79. The van der Waals surface area contributed by atoms with Crippen molar-refractivity contribution in [2.24, 2.45) is 0 Å². The second-order valence-electron chi connectivity index (χ2n) is 6.07. The van der Waals surface area contributed by atoms with E-state index in [4.69, 9.17) is 21.1 Å². The molecule has 0 N–H and O–H groups in total. The van der Waals surface area contributed by atoms with Gasteiger partial charge in [-0.1, -0.05) is 48.9 Å². The van der Waals surface area contributed by atoms with Gasteiger partial charge in [0.2, 0.25) is 0 Å². The lowest BCUT2D eigenvalue weighted by atomic mass is 10.1. The minimum Gasteiger partial charge on any atom is -0.496 e. The molecule has 27 heavy (non-hydrogen) atoms. The van der Waals surface area contributed by atoms with Gasteiger partial charge in [-0.2, -0.15) is 0 Å². The number of carbonyl (C=O) groups is 2. The topological polar surface area (TPSA) is 55.8 Å². The second kappa shape index (κ2) is 8.27. The third kappa shape index (κ3) is 3.83. The highest BCUT2D eigenvalue weighted by Gasteiger charge is 2.38. The zero-order valence-corrected chi connectivity index (χ0v) is 16.0. The van der Waals surface area contributed by atoms with Crippen molar-refractivity contribution in [1.29, 1.82) is 0 Å². The van der Waals surface area contributed by atoms with Crippen LogP contribution >= 0.6 is 11.6 Å². The van der Waals surface area contributed by atoms with Gasteiger partial charge in [-0.05, 0) is 30.2 Å². The molecule has 1 heterocycles. The summed E-state index contributed by atoms with van der Waals surface area (Å²) in [7, 11) is 1.55. The van der Waals surface area contributed by atoms with Gasteiger partial charge in [0.1, 0.15) is 16.5 Å². The molecule has 6 heteroatoms. The quantitative estimate of drug-likeness (QED) is 0.676. The minimum absolute atomic E-state index is 0.0721. The molecule has 0 fully saturated rings. The van der Waals surface area contributed by atoms with Gasteiger partial charge in [-0.25, -0.2) is 0 Å². The van der Waals surface area contributed by atoms with E-state index in [1.165, 1.54) is 0 Å². The zero-order valence-electron chi connectivity index (χ0n) is 15.2. The fourth-order valence-corrected chi connectivity index (χ4v) is 3.17. The molecule has 0 saturated heterocycles. The Kier molecular flexibility index (Phi) is 5.81. The predicted molar refractivity (Wildman–Crippen MR) is 104 cm³/mol. The van der Waals surface area contributed by atoms with E-state index in [-0.39, 0.29) is 17.2 Å². The highest BCUT2D eigenvalue weighted by molar-refractivity contribution is 6.55. The molecule has 0 aromatic heterocycles.